The van der Waals surface area contributed by atoms with Crippen LogP contribution in [0.1, 0.15) is 32.5 Å². The summed E-state index contributed by atoms with van der Waals surface area (Å²) in [5, 5.41) is 4.72. The lowest BCUT2D eigenvalue weighted by Gasteiger charge is -2.29. The van der Waals surface area contributed by atoms with Gasteiger partial charge in [-0.25, -0.2) is 5.43 Å². The molecule has 1 aromatic heterocycles. The van der Waals surface area contributed by atoms with Crippen molar-refractivity contribution in [1.29, 1.82) is 0 Å². The Bertz CT molecular complexity index is 334. The van der Waals surface area contributed by atoms with Crippen molar-refractivity contribution in [2.24, 2.45) is 18.8 Å². The van der Waals surface area contributed by atoms with Crippen molar-refractivity contribution in [2.45, 2.75) is 32.9 Å². The van der Waals surface area contributed by atoms with Crippen LogP contribution in [-0.2, 0) is 11.8 Å². The number of hydrazine groups is 1. The quantitative estimate of drug-likeness (QED) is 0.603. The Hall–Kier alpha value is -0.620. The van der Waals surface area contributed by atoms with E-state index >= 15 is 0 Å². The third-order valence-electron chi connectivity index (χ3n) is 2.76. The molecular weight excluding hydrogens is 240 g/mol. The van der Waals surface area contributed by atoms with Gasteiger partial charge in [0.2, 0.25) is 0 Å². The van der Waals surface area contributed by atoms with Crippen molar-refractivity contribution in [2.75, 3.05) is 6.61 Å². The van der Waals surface area contributed by atoms with Crippen molar-refractivity contribution >= 4 is 11.6 Å². The van der Waals surface area contributed by atoms with Crippen molar-refractivity contribution in [3.63, 3.8) is 0 Å². The average Bonchev–Trinajstić information content (AvgIpc) is 2.60. The molecule has 2 unspecified atom stereocenters. The lowest BCUT2D eigenvalue weighted by atomic mass is 9.97. The molecule has 0 saturated heterocycles. The number of hydrogen-bond donors (Lipinski definition) is 2. The van der Waals surface area contributed by atoms with Crippen LogP contribution in [0.25, 0.3) is 0 Å². The van der Waals surface area contributed by atoms with E-state index in [-0.39, 0.29) is 12.1 Å². The zero-order chi connectivity index (χ0) is 13.0. The number of hydrogen-bond acceptors (Lipinski definition) is 4. The van der Waals surface area contributed by atoms with Gasteiger partial charge in [-0.05, 0) is 12.8 Å². The summed E-state index contributed by atoms with van der Waals surface area (Å²) in [7, 11) is 1.84. The molecule has 5 nitrogen and oxygen atoms in total. The van der Waals surface area contributed by atoms with E-state index in [1.807, 2.05) is 14.0 Å². The molecule has 0 spiro atoms. The van der Waals surface area contributed by atoms with Gasteiger partial charge < -0.3 is 4.74 Å². The summed E-state index contributed by atoms with van der Waals surface area (Å²) >= 11 is 6.13. The summed E-state index contributed by atoms with van der Waals surface area (Å²) in [6.07, 6.45) is 1.57. The average molecular weight is 261 g/mol. The monoisotopic (exact) mass is 260 g/mol. The highest BCUT2D eigenvalue weighted by molar-refractivity contribution is 6.31. The second-order valence-electron chi connectivity index (χ2n) is 4.31. The number of aromatic nitrogens is 2. The van der Waals surface area contributed by atoms with E-state index in [9.17, 15) is 0 Å². The molecule has 1 aromatic rings. The van der Waals surface area contributed by atoms with E-state index in [4.69, 9.17) is 22.2 Å². The second kappa shape index (κ2) is 6.35. The van der Waals surface area contributed by atoms with E-state index in [0.29, 0.717) is 17.5 Å². The van der Waals surface area contributed by atoms with Crippen LogP contribution in [0.3, 0.4) is 0 Å². The summed E-state index contributed by atoms with van der Waals surface area (Å²) in [5.41, 5.74) is 3.63. The molecule has 1 rings (SSSR count). The topological polar surface area (TPSA) is 65.1 Å². The van der Waals surface area contributed by atoms with E-state index in [2.05, 4.69) is 24.4 Å². The van der Waals surface area contributed by atoms with Gasteiger partial charge in [-0.3, -0.25) is 10.5 Å². The number of halogens is 1. The number of aryl methyl sites for hydroxylation is 1. The first-order chi connectivity index (χ1) is 8.02. The van der Waals surface area contributed by atoms with E-state index in [1.54, 1.807) is 10.9 Å². The Morgan fingerprint density at radius 3 is 2.59 bits per heavy atom. The minimum Gasteiger partial charge on any atom is -0.376 e. The minimum atomic E-state index is -0.171. The summed E-state index contributed by atoms with van der Waals surface area (Å²) in [5.74, 6) is 5.96. The summed E-state index contributed by atoms with van der Waals surface area (Å²) in [6.45, 7) is 6.79. The third kappa shape index (κ3) is 3.19. The molecule has 0 aromatic carbocycles. The summed E-state index contributed by atoms with van der Waals surface area (Å²) in [6, 6.07) is -0.171. The first-order valence-electron chi connectivity index (χ1n) is 5.78. The fourth-order valence-electron chi connectivity index (χ4n) is 1.97. The molecule has 0 aliphatic carbocycles. The molecule has 0 radical (unpaired) electrons. The van der Waals surface area contributed by atoms with Crippen LogP contribution in [0.15, 0.2) is 6.20 Å². The first kappa shape index (κ1) is 14.4. The smallest absolute Gasteiger partial charge is 0.0907 e. The molecule has 0 aliphatic heterocycles. The standard InChI is InChI=1S/C11H21ClN4O/c1-5-17-11(7(2)3)9(15-13)10-8(12)6-14-16(10)4/h6-7,9,11,15H,5,13H2,1-4H3. The lowest BCUT2D eigenvalue weighted by Crippen LogP contribution is -2.41. The zero-order valence-electron chi connectivity index (χ0n) is 10.8. The maximum atomic E-state index is 6.13. The molecule has 0 aliphatic rings. The van der Waals surface area contributed by atoms with Crippen LogP contribution >= 0.6 is 11.6 Å². The molecule has 1 heterocycles. The fraction of sp³-hybridized carbons (Fsp3) is 0.727. The van der Waals surface area contributed by atoms with Crippen LogP contribution in [0.2, 0.25) is 5.02 Å². The van der Waals surface area contributed by atoms with Crippen LogP contribution in [0, 0.1) is 5.92 Å². The molecule has 0 amide bonds. The van der Waals surface area contributed by atoms with Gasteiger partial charge in [0.1, 0.15) is 0 Å². The molecule has 6 heteroatoms. The Labute approximate surface area is 107 Å². The number of rotatable bonds is 6. The minimum absolute atomic E-state index is 0.0436. The van der Waals surface area contributed by atoms with E-state index in [1.165, 1.54) is 0 Å². The van der Waals surface area contributed by atoms with Crippen molar-refractivity contribution in [3.05, 3.63) is 16.9 Å². The van der Waals surface area contributed by atoms with E-state index < -0.39 is 0 Å². The fourth-order valence-corrected chi connectivity index (χ4v) is 2.25. The van der Waals surface area contributed by atoms with Gasteiger partial charge in [-0.15, -0.1) is 0 Å². The van der Waals surface area contributed by atoms with Crippen LogP contribution in [0.4, 0.5) is 0 Å². The Morgan fingerprint density at radius 2 is 2.24 bits per heavy atom. The highest BCUT2D eigenvalue weighted by Crippen LogP contribution is 2.28. The summed E-state index contributed by atoms with van der Waals surface area (Å²) in [4.78, 5) is 0. The van der Waals surface area contributed by atoms with Gasteiger partial charge in [0.15, 0.2) is 0 Å². The van der Waals surface area contributed by atoms with Crippen molar-refractivity contribution in [1.82, 2.24) is 15.2 Å². The highest BCUT2D eigenvalue weighted by atomic mass is 35.5. The van der Waals surface area contributed by atoms with Gasteiger partial charge >= 0.3 is 0 Å². The first-order valence-corrected chi connectivity index (χ1v) is 6.15. The number of nitrogens with two attached hydrogens (primary N) is 1. The summed E-state index contributed by atoms with van der Waals surface area (Å²) < 4.78 is 7.47. The van der Waals surface area contributed by atoms with Gasteiger partial charge in [0.05, 0.1) is 29.1 Å². The van der Waals surface area contributed by atoms with Gasteiger partial charge in [0.25, 0.3) is 0 Å². The molecule has 98 valence electrons. The lowest BCUT2D eigenvalue weighted by molar-refractivity contribution is 0.000923. The normalized spacial score (nSPS) is 15.2. The molecule has 0 saturated carbocycles. The molecular formula is C11H21ClN4O. The van der Waals surface area contributed by atoms with Crippen LogP contribution in [0.5, 0.6) is 0 Å². The predicted octanol–water partition coefficient (Wildman–Crippen LogP) is 1.64. The second-order valence-corrected chi connectivity index (χ2v) is 4.72. The number of ether oxygens (including phenoxy) is 1. The largest absolute Gasteiger partial charge is 0.376 e. The molecule has 3 N–H and O–H groups in total. The Balaban J connectivity index is 3.04. The van der Waals surface area contributed by atoms with Crippen LogP contribution < -0.4 is 11.3 Å². The highest BCUT2D eigenvalue weighted by Gasteiger charge is 2.29. The SMILES string of the molecule is CCOC(C(C)C)C(NN)c1c(Cl)cnn1C. The molecule has 2 atom stereocenters. The Kier molecular flexibility index (Phi) is 5.39. The zero-order valence-corrected chi connectivity index (χ0v) is 11.5. The maximum absolute atomic E-state index is 6.13. The Morgan fingerprint density at radius 1 is 1.59 bits per heavy atom. The maximum Gasteiger partial charge on any atom is 0.0907 e. The number of nitrogens with zero attached hydrogens (tertiary/aromatic N) is 2. The predicted molar refractivity (Wildman–Crippen MR) is 68.5 cm³/mol. The van der Waals surface area contributed by atoms with Crippen molar-refractivity contribution < 1.29 is 4.74 Å². The third-order valence-corrected chi connectivity index (χ3v) is 3.05. The van der Waals surface area contributed by atoms with Gasteiger partial charge in [-0.1, -0.05) is 25.4 Å². The van der Waals surface area contributed by atoms with Gasteiger partial charge in [-0.2, -0.15) is 5.10 Å². The van der Waals surface area contributed by atoms with Crippen LogP contribution in [-0.4, -0.2) is 22.5 Å². The van der Waals surface area contributed by atoms with Gasteiger partial charge in [0, 0.05) is 13.7 Å². The molecule has 17 heavy (non-hydrogen) atoms. The number of nitrogens with one attached hydrogen (secondary N) is 1. The van der Waals surface area contributed by atoms with Crippen molar-refractivity contribution in [3.8, 4) is 0 Å². The molecule has 0 bridgehead atoms. The molecule has 0 fully saturated rings. The van der Waals surface area contributed by atoms with E-state index in [0.717, 1.165) is 5.69 Å².